The first-order chi connectivity index (χ1) is 8.70. The molecule has 0 radical (unpaired) electrons. The molecular weight excluding hydrogens is 228 g/mol. The van der Waals surface area contributed by atoms with E-state index in [1.165, 1.54) is 0 Å². The molecule has 1 heterocycles. The van der Waals surface area contributed by atoms with Gasteiger partial charge in [0.1, 0.15) is 0 Å². The van der Waals surface area contributed by atoms with Crippen molar-refractivity contribution in [1.82, 2.24) is 5.32 Å². The molecule has 1 aliphatic heterocycles. The summed E-state index contributed by atoms with van der Waals surface area (Å²) in [5, 5.41) is 3.41. The average molecular weight is 248 g/mol. The third kappa shape index (κ3) is 3.01. The van der Waals surface area contributed by atoms with E-state index < -0.39 is 0 Å². The second-order valence-electron chi connectivity index (χ2n) is 4.57. The van der Waals surface area contributed by atoms with Crippen LogP contribution in [0.2, 0.25) is 0 Å². The molecule has 0 amide bonds. The number of benzene rings is 1. The van der Waals surface area contributed by atoms with Crippen LogP contribution in [-0.4, -0.2) is 38.3 Å². The topological polar surface area (TPSA) is 41.6 Å². The molecule has 0 aliphatic carbocycles. The number of hydrogen-bond acceptors (Lipinski definition) is 4. The molecule has 1 atom stereocenters. The zero-order chi connectivity index (χ0) is 13.0. The Kier molecular flexibility index (Phi) is 4.20. The molecule has 1 aliphatic rings. The van der Waals surface area contributed by atoms with Gasteiger partial charge in [-0.2, -0.15) is 0 Å². The Morgan fingerprint density at radius 1 is 1.44 bits per heavy atom. The highest BCUT2D eigenvalue weighted by Gasteiger charge is 2.16. The van der Waals surface area contributed by atoms with Crippen LogP contribution >= 0.6 is 0 Å². The number of hydrogen-bond donors (Lipinski definition) is 1. The minimum atomic E-state index is -0.252. The van der Waals surface area contributed by atoms with E-state index in [4.69, 9.17) is 4.74 Å². The molecule has 1 fully saturated rings. The van der Waals surface area contributed by atoms with Crippen LogP contribution in [0, 0.1) is 0 Å². The minimum Gasteiger partial charge on any atom is -0.462 e. The molecule has 4 heteroatoms. The van der Waals surface area contributed by atoms with Gasteiger partial charge in [0.15, 0.2) is 0 Å². The zero-order valence-electron chi connectivity index (χ0n) is 11.0. The molecular formula is C14H20N2O2. The Labute approximate surface area is 108 Å². The van der Waals surface area contributed by atoms with Gasteiger partial charge in [-0.1, -0.05) is 0 Å². The number of carbonyl (C=O) groups excluding carboxylic acids is 1. The normalized spacial score (nSPS) is 19.7. The fourth-order valence-electron chi connectivity index (χ4n) is 2.19. The van der Waals surface area contributed by atoms with Gasteiger partial charge < -0.3 is 15.0 Å². The number of ether oxygens (including phenoxy) is 1. The molecule has 0 spiro atoms. The quantitative estimate of drug-likeness (QED) is 0.826. The number of nitrogens with one attached hydrogen (secondary N) is 1. The summed E-state index contributed by atoms with van der Waals surface area (Å²) in [6, 6.07) is 8.15. The molecule has 1 N–H and O–H groups in total. The molecule has 0 unspecified atom stereocenters. The van der Waals surface area contributed by atoms with E-state index in [2.05, 4.69) is 17.1 Å². The van der Waals surface area contributed by atoms with Crippen molar-refractivity contribution < 1.29 is 9.53 Å². The van der Waals surface area contributed by atoms with Crippen molar-refractivity contribution in [3.63, 3.8) is 0 Å². The predicted octanol–water partition coefficient (Wildman–Crippen LogP) is 1.66. The molecule has 98 valence electrons. The fourth-order valence-corrected chi connectivity index (χ4v) is 2.19. The first-order valence-electron chi connectivity index (χ1n) is 6.46. The van der Waals surface area contributed by atoms with E-state index in [1.807, 2.05) is 31.2 Å². The molecule has 4 nitrogen and oxygen atoms in total. The lowest BCUT2D eigenvalue weighted by atomic mass is 10.1. The zero-order valence-corrected chi connectivity index (χ0v) is 11.0. The summed E-state index contributed by atoms with van der Waals surface area (Å²) in [7, 11) is 0. The van der Waals surface area contributed by atoms with Crippen LogP contribution in [0.4, 0.5) is 5.69 Å². The maximum atomic E-state index is 11.5. The summed E-state index contributed by atoms with van der Waals surface area (Å²) in [6.45, 7) is 7.41. The summed E-state index contributed by atoms with van der Waals surface area (Å²) < 4.78 is 4.97. The molecule has 18 heavy (non-hydrogen) atoms. The van der Waals surface area contributed by atoms with Gasteiger partial charge in [-0.3, -0.25) is 0 Å². The lowest BCUT2D eigenvalue weighted by Crippen LogP contribution is -2.49. The third-order valence-electron chi connectivity index (χ3n) is 3.11. The van der Waals surface area contributed by atoms with Crippen LogP contribution in [0.15, 0.2) is 24.3 Å². The molecule has 1 aromatic rings. The van der Waals surface area contributed by atoms with E-state index in [0.717, 1.165) is 25.3 Å². The Balaban J connectivity index is 2.05. The van der Waals surface area contributed by atoms with Gasteiger partial charge in [-0.05, 0) is 38.1 Å². The summed E-state index contributed by atoms with van der Waals surface area (Å²) in [6.07, 6.45) is 0. The Morgan fingerprint density at radius 3 is 2.78 bits per heavy atom. The molecule has 0 bridgehead atoms. The van der Waals surface area contributed by atoms with Crippen LogP contribution in [-0.2, 0) is 4.74 Å². The number of anilines is 1. The van der Waals surface area contributed by atoms with Crippen molar-refractivity contribution >= 4 is 11.7 Å². The number of piperazine rings is 1. The molecule has 2 rings (SSSR count). The third-order valence-corrected chi connectivity index (χ3v) is 3.11. The van der Waals surface area contributed by atoms with Gasteiger partial charge in [0.25, 0.3) is 0 Å². The van der Waals surface area contributed by atoms with Crippen molar-refractivity contribution in [2.75, 3.05) is 31.1 Å². The van der Waals surface area contributed by atoms with Crippen LogP contribution in [0.1, 0.15) is 24.2 Å². The minimum absolute atomic E-state index is 0.252. The average Bonchev–Trinajstić information content (AvgIpc) is 2.39. The largest absolute Gasteiger partial charge is 0.462 e. The lowest BCUT2D eigenvalue weighted by Gasteiger charge is -2.33. The van der Waals surface area contributed by atoms with E-state index in [-0.39, 0.29) is 5.97 Å². The molecule has 1 aromatic carbocycles. The summed E-state index contributed by atoms with van der Waals surface area (Å²) in [4.78, 5) is 13.9. The number of rotatable bonds is 3. The Hall–Kier alpha value is -1.55. The van der Waals surface area contributed by atoms with Crippen molar-refractivity contribution in [3.05, 3.63) is 29.8 Å². The van der Waals surface area contributed by atoms with Crippen molar-refractivity contribution in [3.8, 4) is 0 Å². The number of esters is 1. The molecule has 1 saturated heterocycles. The van der Waals surface area contributed by atoms with Crippen LogP contribution in [0.25, 0.3) is 0 Å². The number of carbonyl (C=O) groups is 1. The standard InChI is InChI=1S/C14H20N2O2/c1-3-18-14(17)12-4-6-13(7-5-12)16-9-8-15-11(2)10-16/h4-7,11,15H,3,8-10H2,1-2H3/t11-/m0/s1. The predicted molar refractivity (Wildman–Crippen MR) is 72.1 cm³/mol. The van der Waals surface area contributed by atoms with Gasteiger partial charge in [0.2, 0.25) is 0 Å². The smallest absolute Gasteiger partial charge is 0.338 e. The van der Waals surface area contributed by atoms with Gasteiger partial charge in [-0.25, -0.2) is 4.79 Å². The number of nitrogens with zero attached hydrogens (tertiary/aromatic N) is 1. The van der Waals surface area contributed by atoms with Gasteiger partial charge in [0.05, 0.1) is 12.2 Å². The van der Waals surface area contributed by atoms with Crippen molar-refractivity contribution in [2.45, 2.75) is 19.9 Å². The SMILES string of the molecule is CCOC(=O)c1ccc(N2CCN[C@@H](C)C2)cc1. The van der Waals surface area contributed by atoms with Crippen LogP contribution in [0.3, 0.4) is 0 Å². The summed E-state index contributed by atoms with van der Waals surface area (Å²) in [5.74, 6) is -0.252. The van der Waals surface area contributed by atoms with Crippen LogP contribution < -0.4 is 10.2 Å². The van der Waals surface area contributed by atoms with Gasteiger partial charge >= 0.3 is 5.97 Å². The molecule has 0 saturated carbocycles. The fraction of sp³-hybridized carbons (Fsp3) is 0.500. The Morgan fingerprint density at radius 2 is 2.17 bits per heavy atom. The molecule has 0 aromatic heterocycles. The Bertz CT molecular complexity index is 403. The monoisotopic (exact) mass is 248 g/mol. The first-order valence-corrected chi connectivity index (χ1v) is 6.46. The van der Waals surface area contributed by atoms with E-state index >= 15 is 0 Å². The van der Waals surface area contributed by atoms with E-state index in [1.54, 1.807) is 0 Å². The second kappa shape index (κ2) is 5.87. The second-order valence-corrected chi connectivity index (χ2v) is 4.57. The van der Waals surface area contributed by atoms with Crippen molar-refractivity contribution in [1.29, 1.82) is 0 Å². The highest BCUT2D eigenvalue weighted by atomic mass is 16.5. The van der Waals surface area contributed by atoms with Crippen LogP contribution in [0.5, 0.6) is 0 Å². The lowest BCUT2D eigenvalue weighted by molar-refractivity contribution is 0.0526. The van der Waals surface area contributed by atoms with Gasteiger partial charge in [0, 0.05) is 31.4 Å². The highest BCUT2D eigenvalue weighted by molar-refractivity contribution is 5.89. The van der Waals surface area contributed by atoms with Crippen molar-refractivity contribution in [2.24, 2.45) is 0 Å². The summed E-state index contributed by atoms with van der Waals surface area (Å²) >= 11 is 0. The van der Waals surface area contributed by atoms with E-state index in [9.17, 15) is 4.79 Å². The summed E-state index contributed by atoms with van der Waals surface area (Å²) in [5.41, 5.74) is 1.78. The van der Waals surface area contributed by atoms with E-state index in [0.29, 0.717) is 18.2 Å². The first kappa shape index (κ1) is 12.9. The maximum Gasteiger partial charge on any atom is 0.338 e. The van der Waals surface area contributed by atoms with Gasteiger partial charge in [-0.15, -0.1) is 0 Å². The maximum absolute atomic E-state index is 11.5. The highest BCUT2D eigenvalue weighted by Crippen LogP contribution is 2.17.